The minimum Gasteiger partial charge on any atom is -0.482 e. The molecule has 7 heteroatoms. The van der Waals surface area contributed by atoms with E-state index in [-0.39, 0.29) is 23.8 Å². The third-order valence-corrected chi connectivity index (χ3v) is 3.47. The number of esters is 2. The molecule has 1 heterocycles. The molecule has 2 aromatic carbocycles. The normalized spacial score (nSPS) is 14.8. The summed E-state index contributed by atoms with van der Waals surface area (Å²) in [6.45, 7) is -0.228. The molecule has 0 spiro atoms. The minimum atomic E-state index is -0.677. The zero-order valence-electron chi connectivity index (χ0n) is 13.8. The molecule has 0 saturated heterocycles. The van der Waals surface area contributed by atoms with Gasteiger partial charge in [-0.15, -0.1) is 0 Å². The zero-order chi connectivity index (χ0) is 18.5. The third kappa shape index (κ3) is 3.94. The quantitative estimate of drug-likeness (QED) is 0.609. The first-order chi connectivity index (χ1) is 12.6. The summed E-state index contributed by atoms with van der Waals surface area (Å²) in [4.78, 5) is 27.2. The molecule has 0 bridgehead atoms. The van der Waals surface area contributed by atoms with Crippen LogP contribution in [0.4, 0.5) is 4.39 Å². The van der Waals surface area contributed by atoms with Crippen LogP contribution in [-0.2, 0) is 19.1 Å². The Morgan fingerprint density at radius 2 is 2.04 bits per heavy atom. The summed E-state index contributed by atoms with van der Waals surface area (Å²) in [5, 5.41) is 0. The van der Waals surface area contributed by atoms with Crippen LogP contribution in [0.2, 0.25) is 0 Å². The van der Waals surface area contributed by atoms with Crippen molar-refractivity contribution in [2.24, 2.45) is 4.99 Å². The van der Waals surface area contributed by atoms with Crippen molar-refractivity contribution in [3.63, 3.8) is 0 Å². The smallest absolute Gasteiger partial charge is 0.363 e. The summed E-state index contributed by atoms with van der Waals surface area (Å²) in [7, 11) is 1.27. The topological polar surface area (TPSA) is 74.2 Å². The van der Waals surface area contributed by atoms with E-state index in [9.17, 15) is 14.0 Å². The molecule has 132 valence electrons. The molecule has 0 fully saturated rings. The Balaban J connectivity index is 1.82. The maximum absolute atomic E-state index is 13.8. The van der Waals surface area contributed by atoms with Gasteiger partial charge < -0.3 is 14.2 Å². The zero-order valence-corrected chi connectivity index (χ0v) is 13.8. The summed E-state index contributed by atoms with van der Waals surface area (Å²) in [5.41, 5.74) is 0.755. The Bertz CT molecular complexity index is 920. The molecule has 0 atom stereocenters. The fraction of sp³-hybridized carbons (Fsp3) is 0.105. The molecular formula is C19H14FNO5. The van der Waals surface area contributed by atoms with E-state index < -0.39 is 17.8 Å². The summed E-state index contributed by atoms with van der Waals surface area (Å²) in [6.07, 6.45) is 1.49. The number of methoxy groups -OCH3 is 1. The lowest BCUT2D eigenvalue weighted by molar-refractivity contribution is -0.142. The molecule has 26 heavy (non-hydrogen) atoms. The number of benzene rings is 2. The minimum absolute atomic E-state index is 0.0355. The van der Waals surface area contributed by atoms with E-state index in [1.807, 2.05) is 0 Å². The van der Waals surface area contributed by atoms with Crippen LogP contribution in [0.25, 0.3) is 6.08 Å². The van der Waals surface area contributed by atoms with Crippen molar-refractivity contribution in [3.8, 4) is 5.75 Å². The number of cyclic esters (lactones) is 1. The van der Waals surface area contributed by atoms with Crippen molar-refractivity contribution >= 4 is 23.9 Å². The van der Waals surface area contributed by atoms with Crippen LogP contribution in [-0.4, -0.2) is 31.6 Å². The van der Waals surface area contributed by atoms with Crippen molar-refractivity contribution in [3.05, 3.63) is 71.2 Å². The number of halogens is 1. The maximum atomic E-state index is 13.8. The number of carbonyl (C=O) groups is 2. The number of ether oxygens (including phenoxy) is 3. The maximum Gasteiger partial charge on any atom is 0.363 e. The number of carbonyl (C=O) groups excluding carboxylic acids is 2. The summed E-state index contributed by atoms with van der Waals surface area (Å²) in [6, 6.07) is 12.6. The Kier molecular flexibility index (Phi) is 5.07. The molecule has 0 saturated carbocycles. The number of nitrogens with zero attached hydrogens (tertiary/aromatic N) is 1. The van der Waals surface area contributed by atoms with Gasteiger partial charge in [0.25, 0.3) is 0 Å². The van der Waals surface area contributed by atoms with Crippen LogP contribution in [0.5, 0.6) is 5.75 Å². The number of hydrogen-bond acceptors (Lipinski definition) is 6. The van der Waals surface area contributed by atoms with E-state index in [1.54, 1.807) is 30.3 Å². The first-order valence-electron chi connectivity index (χ1n) is 7.64. The molecule has 3 rings (SSSR count). The van der Waals surface area contributed by atoms with Gasteiger partial charge in [0, 0.05) is 0 Å². The molecule has 1 aliphatic rings. The van der Waals surface area contributed by atoms with Crippen molar-refractivity contribution < 1.29 is 28.2 Å². The van der Waals surface area contributed by atoms with Gasteiger partial charge in [-0.3, -0.25) is 0 Å². The van der Waals surface area contributed by atoms with Crippen molar-refractivity contribution in [2.45, 2.75) is 0 Å². The first-order valence-corrected chi connectivity index (χ1v) is 7.64. The predicted molar refractivity (Wildman–Crippen MR) is 91.0 cm³/mol. The lowest BCUT2D eigenvalue weighted by Gasteiger charge is -2.05. The fourth-order valence-corrected chi connectivity index (χ4v) is 2.21. The summed E-state index contributed by atoms with van der Waals surface area (Å²) in [5.74, 6) is -1.37. The Morgan fingerprint density at radius 3 is 2.81 bits per heavy atom. The lowest BCUT2D eigenvalue weighted by atomic mass is 10.2. The monoisotopic (exact) mass is 355 g/mol. The number of aliphatic imine (C=N–C) groups is 1. The van der Waals surface area contributed by atoms with Crippen LogP contribution in [0, 0.1) is 5.82 Å². The Morgan fingerprint density at radius 1 is 1.23 bits per heavy atom. The van der Waals surface area contributed by atoms with Crippen molar-refractivity contribution in [2.75, 3.05) is 13.7 Å². The summed E-state index contributed by atoms with van der Waals surface area (Å²) < 4.78 is 28.6. The predicted octanol–water partition coefficient (Wildman–Crippen LogP) is 2.72. The van der Waals surface area contributed by atoms with Gasteiger partial charge in [0.1, 0.15) is 11.6 Å². The van der Waals surface area contributed by atoms with Crippen molar-refractivity contribution in [1.29, 1.82) is 0 Å². The van der Waals surface area contributed by atoms with Gasteiger partial charge >= 0.3 is 11.9 Å². The SMILES string of the molecule is COC(=O)COc1cccc(/C=C2\N=C(c3ccccc3F)OC2=O)c1. The van der Waals surface area contributed by atoms with Crippen molar-refractivity contribution in [1.82, 2.24) is 0 Å². The summed E-state index contributed by atoms with van der Waals surface area (Å²) >= 11 is 0. The highest BCUT2D eigenvalue weighted by Crippen LogP contribution is 2.22. The highest BCUT2D eigenvalue weighted by atomic mass is 19.1. The van der Waals surface area contributed by atoms with E-state index in [1.165, 1.54) is 31.4 Å². The van der Waals surface area contributed by atoms with Crippen LogP contribution >= 0.6 is 0 Å². The van der Waals surface area contributed by atoms with E-state index >= 15 is 0 Å². The number of hydrogen-bond donors (Lipinski definition) is 0. The molecule has 0 aromatic heterocycles. The fourth-order valence-electron chi connectivity index (χ4n) is 2.21. The molecule has 0 aliphatic carbocycles. The van der Waals surface area contributed by atoms with Gasteiger partial charge in [0.15, 0.2) is 12.3 Å². The van der Waals surface area contributed by atoms with Gasteiger partial charge in [-0.1, -0.05) is 24.3 Å². The van der Waals surface area contributed by atoms with Crippen LogP contribution in [0.3, 0.4) is 0 Å². The molecule has 0 radical (unpaired) electrons. The Labute approximate surface area is 148 Å². The second-order valence-electron chi connectivity index (χ2n) is 5.25. The second-order valence-corrected chi connectivity index (χ2v) is 5.25. The van der Waals surface area contributed by atoms with Gasteiger partial charge in [-0.2, -0.15) is 0 Å². The van der Waals surface area contributed by atoms with Crippen LogP contribution in [0.1, 0.15) is 11.1 Å². The molecule has 0 unspecified atom stereocenters. The molecule has 1 aliphatic heterocycles. The molecular weight excluding hydrogens is 341 g/mol. The first kappa shape index (κ1) is 17.3. The average molecular weight is 355 g/mol. The molecule has 0 amide bonds. The Hall–Kier alpha value is -3.48. The van der Waals surface area contributed by atoms with E-state index in [0.717, 1.165) is 0 Å². The average Bonchev–Trinajstić information content (AvgIpc) is 3.00. The highest BCUT2D eigenvalue weighted by Gasteiger charge is 2.25. The van der Waals surface area contributed by atoms with Gasteiger partial charge in [0.2, 0.25) is 5.90 Å². The second kappa shape index (κ2) is 7.60. The van der Waals surface area contributed by atoms with Gasteiger partial charge in [0.05, 0.1) is 12.7 Å². The largest absolute Gasteiger partial charge is 0.482 e. The van der Waals surface area contributed by atoms with Gasteiger partial charge in [-0.25, -0.2) is 19.0 Å². The van der Waals surface area contributed by atoms with E-state index in [2.05, 4.69) is 9.73 Å². The number of rotatable bonds is 5. The molecule has 0 N–H and O–H groups in total. The highest BCUT2D eigenvalue weighted by molar-refractivity contribution is 6.12. The molecule has 6 nitrogen and oxygen atoms in total. The van der Waals surface area contributed by atoms with E-state index in [0.29, 0.717) is 11.3 Å². The van der Waals surface area contributed by atoms with Crippen LogP contribution in [0.15, 0.2) is 59.2 Å². The lowest BCUT2D eigenvalue weighted by Crippen LogP contribution is -2.12. The molecule has 2 aromatic rings. The standard InChI is InChI=1S/C19H14FNO5/c1-24-17(22)11-25-13-6-4-5-12(9-13)10-16-19(23)26-18(21-16)14-7-2-3-8-15(14)20/h2-10H,11H2,1H3/b16-10-. The van der Waals surface area contributed by atoms with Gasteiger partial charge in [-0.05, 0) is 35.9 Å². The third-order valence-electron chi connectivity index (χ3n) is 3.47. The van der Waals surface area contributed by atoms with E-state index in [4.69, 9.17) is 9.47 Å². The van der Waals surface area contributed by atoms with Crippen LogP contribution < -0.4 is 4.74 Å².